The molecule has 0 spiro atoms. The first-order valence-electron chi connectivity index (χ1n) is 12.4. The number of benzene rings is 1. The van der Waals surface area contributed by atoms with Crippen molar-refractivity contribution in [1.29, 1.82) is 0 Å². The van der Waals surface area contributed by atoms with Gasteiger partial charge in [0.15, 0.2) is 0 Å². The highest BCUT2D eigenvalue weighted by molar-refractivity contribution is 6.03. The summed E-state index contributed by atoms with van der Waals surface area (Å²) in [5.41, 5.74) is 0.0717. The van der Waals surface area contributed by atoms with Crippen LogP contribution in [0.15, 0.2) is 24.3 Å². The molecule has 2 unspecified atom stereocenters. The summed E-state index contributed by atoms with van der Waals surface area (Å²) in [7, 11) is 0. The van der Waals surface area contributed by atoms with Gasteiger partial charge in [-0.15, -0.1) is 12.4 Å². The van der Waals surface area contributed by atoms with Gasteiger partial charge < -0.3 is 19.7 Å². The van der Waals surface area contributed by atoms with Crippen molar-refractivity contribution in [2.45, 2.75) is 102 Å². The lowest BCUT2D eigenvalue weighted by molar-refractivity contribution is -0.0748. The molecule has 186 valence electrons. The van der Waals surface area contributed by atoms with Crippen LogP contribution in [0.5, 0.6) is 0 Å². The number of rotatable bonds is 10. The monoisotopic (exact) mass is 482 g/mol. The van der Waals surface area contributed by atoms with Crippen molar-refractivity contribution in [3.63, 3.8) is 0 Å². The molecule has 3 rings (SSSR count). The van der Waals surface area contributed by atoms with E-state index < -0.39 is 24.5 Å². The molecule has 0 aliphatic heterocycles. The van der Waals surface area contributed by atoms with Crippen LogP contribution in [-0.4, -0.2) is 34.7 Å². The summed E-state index contributed by atoms with van der Waals surface area (Å²) >= 11 is 0. The lowest BCUT2D eigenvalue weighted by Gasteiger charge is -2.23. The highest BCUT2D eigenvalue weighted by atomic mass is 35.5. The van der Waals surface area contributed by atoms with E-state index in [2.05, 4.69) is 0 Å². The molecule has 2 aliphatic carbocycles. The molecule has 2 atom stereocenters. The fourth-order valence-corrected chi connectivity index (χ4v) is 5.04. The Balaban J connectivity index is 0.00000385. The zero-order valence-corrected chi connectivity index (χ0v) is 20.3. The number of ether oxygens (including phenoxy) is 2. The van der Waals surface area contributed by atoms with Crippen LogP contribution in [0.1, 0.15) is 111 Å². The van der Waals surface area contributed by atoms with Gasteiger partial charge in [-0.1, -0.05) is 76.3 Å². The summed E-state index contributed by atoms with van der Waals surface area (Å²) in [5, 5.41) is 20.4. The maximum atomic E-state index is 12.6. The van der Waals surface area contributed by atoms with E-state index in [0.29, 0.717) is 24.7 Å². The van der Waals surface area contributed by atoms with Crippen LogP contribution >= 0.6 is 12.4 Å². The maximum absolute atomic E-state index is 12.6. The fraction of sp³-hybridized carbons (Fsp3) is 0.692. The Morgan fingerprint density at radius 2 is 1.09 bits per heavy atom. The van der Waals surface area contributed by atoms with E-state index in [4.69, 9.17) is 9.47 Å². The molecular weight excluding hydrogens is 444 g/mol. The van der Waals surface area contributed by atoms with Gasteiger partial charge in [0.05, 0.1) is 11.1 Å². The van der Waals surface area contributed by atoms with Crippen molar-refractivity contribution in [2.75, 3.05) is 0 Å². The third-order valence-electron chi connectivity index (χ3n) is 6.95. The minimum absolute atomic E-state index is 0. The van der Waals surface area contributed by atoms with Crippen LogP contribution in [0.25, 0.3) is 0 Å². The second kappa shape index (κ2) is 14.6. The molecule has 0 bridgehead atoms. The Kier molecular flexibility index (Phi) is 12.2. The summed E-state index contributed by atoms with van der Waals surface area (Å²) in [6, 6.07) is 6.20. The Hall–Kier alpha value is -1.63. The van der Waals surface area contributed by atoms with Gasteiger partial charge in [-0.05, 0) is 36.8 Å². The summed E-state index contributed by atoms with van der Waals surface area (Å²) < 4.78 is 10.4. The van der Waals surface area contributed by atoms with E-state index in [1.807, 2.05) is 0 Å². The van der Waals surface area contributed by atoms with Crippen molar-refractivity contribution in [1.82, 2.24) is 0 Å². The summed E-state index contributed by atoms with van der Waals surface area (Å²) in [5.74, 6) is -0.361. The third-order valence-corrected chi connectivity index (χ3v) is 6.95. The summed E-state index contributed by atoms with van der Waals surface area (Å²) in [6.07, 6.45) is 12.1. The van der Waals surface area contributed by atoms with Gasteiger partial charge in [0.2, 0.25) is 12.6 Å². The molecule has 7 heteroatoms. The first-order valence-corrected chi connectivity index (χ1v) is 12.4. The molecule has 2 fully saturated rings. The van der Waals surface area contributed by atoms with Crippen molar-refractivity contribution < 1.29 is 29.3 Å². The third kappa shape index (κ3) is 9.26. The molecule has 0 radical (unpaired) electrons. The first kappa shape index (κ1) is 27.6. The standard InChI is InChI=1S/C26H38O6.ClH/c27-23(17-15-19-9-3-1-4-10-19)31-25(29)21-13-7-8-14-22(21)26(30)32-24(28)18-16-20-11-5-2-6-12-20;/h7-8,13-14,19-20,23-24,27-28H,1-6,9-12,15-18H2;1H. The van der Waals surface area contributed by atoms with Crippen molar-refractivity contribution >= 4 is 24.3 Å². The Labute approximate surface area is 203 Å². The molecule has 1 aromatic rings. The minimum Gasteiger partial charge on any atom is -0.432 e. The first-order chi connectivity index (χ1) is 15.5. The number of carbonyl (C=O) groups is 2. The topological polar surface area (TPSA) is 93.1 Å². The molecule has 2 aliphatic rings. The number of aliphatic hydroxyl groups is 2. The van der Waals surface area contributed by atoms with Crippen molar-refractivity contribution in [3.8, 4) is 0 Å². The normalized spacial score (nSPS) is 19.2. The average molecular weight is 483 g/mol. The number of halogens is 1. The quantitative estimate of drug-likeness (QED) is 0.324. The highest BCUT2D eigenvalue weighted by Crippen LogP contribution is 2.29. The fourth-order valence-electron chi connectivity index (χ4n) is 5.04. The Morgan fingerprint density at radius 1 is 0.727 bits per heavy atom. The van der Waals surface area contributed by atoms with Crippen molar-refractivity contribution in [3.05, 3.63) is 35.4 Å². The second-order valence-electron chi connectivity index (χ2n) is 9.43. The van der Waals surface area contributed by atoms with Crippen LogP contribution in [0.4, 0.5) is 0 Å². The highest BCUT2D eigenvalue weighted by Gasteiger charge is 2.24. The SMILES string of the molecule is Cl.O=C(OC(O)CCC1CCCCC1)c1ccccc1C(=O)OC(O)CCC1CCCCC1. The largest absolute Gasteiger partial charge is 0.432 e. The van der Waals surface area contributed by atoms with Crippen molar-refractivity contribution in [2.24, 2.45) is 11.8 Å². The van der Waals surface area contributed by atoms with E-state index in [1.54, 1.807) is 12.1 Å². The molecule has 6 nitrogen and oxygen atoms in total. The number of aliphatic hydroxyl groups excluding tert-OH is 2. The molecule has 0 heterocycles. The van der Waals surface area contributed by atoms with Gasteiger partial charge in [0.25, 0.3) is 0 Å². The van der Waals surface area contributed by atoms with E-state index in [0.717, 1.165) is 12.8 Å². The molecule has 0 saturated heterocycles. The van der Waals surface area contributed by atoms with Gasteiger partial charge in [0, 0.05) is 12.8 Å². The lowest BCUT2D eigenvalue weighted by Crippen LogP contribution is -2.23. The molecule has 0 amide bonds. The average Bonchev–Trinajstić information content (AvgIpc) is 2.82. The van der Waals surface area contributed by atoms with Crippen LogP contribution in [-0.2, 0) is 9.47 Å². The molecule has 2 saturated carbocycles. The van der Waals surface area contributed by atoms with Crippen LogP contribution < -0.4 is 0 Å². The zero-order valence-electron chi connectivity index (χ0n) is 19.5. The summed E-state index contributed by atoms with van der Waals surface area (Å²) in [6.45, 7) is 0. The van der Waals surface area contributed by atoms with Crippen LogP contribution in [0.2, 0.25) is 0 Å². The smallest absolute Gasteiger partial charge is 0.341 e. The molecule has 33 heavy (non-hydrogen) atoms. The molecule has 0 aromatic heterocycles. The van der Waals surface area contributed by atoms with Gasteiger partial charge in [0.1, 0.15) is 0 Å². The van der Waals surface area contributed by atoms with Crippen LogP contribution in [0, 0.1) is 11.8 Å². The zero-order chi connectivity index (χ0) is 22.8. The lowest BCUT2D eigenvalue weighted by atomic mass is 9.86. The van der Waals surface area contributed by atoms with E-state index in [-0.39, 0.29) is 23.5 Å². The van der Waals surface area contributed by atoms with E-state index in [1.165, 1.54) is 76.3 Å². The Morgan fingerprint density at radius 3 is 1.45 bits per heavy atom. The predicted molar refractivity (Wildman–Crippen MR) is 128 cm³/mol. The molecule has 2 N–H and O–H groups in total. The van der Waals surface area contributed by atoms with Gasteiger partial charge in [-0.2, -0.15) is 0 Å². The second-order valence-corrected chi connectivity index (χ2v) is 9.43. The predicted octanol–water partition coefficient (Wildman–Crippen LogP) is 5.78. The van der Waals surface area contributed by atoms with E-state index in [9.17, 15) is 19.8 Å². The van der Waals surface area contributed by atoms with E-state index >= 15 is 0 Å². The maximum Gasteiger partial charge on any atom is 0.341 e. The number of hydrogen-bond donors (Lipinski definition) is 2. The summed E-state index contributed by atoms with van der Waals surface area (Å²) in [4.78, 5) is 25.2. The minimum atomic E-state index is -1.20. The number of carbonyl (C=O) groups excluding carboxylic acids is 2. The Bertz CT molecular complexity index is 666. The molecular formula is C26H39ClO6. The number of hydrogen-bond acceptors (Lipinski definition) is 6. The van der Waals surface area contributed by atoms with Gasteiger partial charge >= 0.3 is 11.9 Å². The van der Waals surface area contributed by atoms with Gasteiger partial charge in [-0.3, -0.25) is 0 Å². The number of esters is 2. The van der Waals surface area contributed by atoms with Gasteiger partial charge in [-0.25, -0.2) is 9.59 Å². The molecule has 1 aromatic carbocycles. The van der Waals surface area contributed by atoms with Crippen LogP contribution in [0.3, 0.4) is 0 Å².